The summed E-state index contributed by atoms with van der Waals surface area (Å²) in [4.78, 5) is 19.3. The Morgan fingerprint density at radius 1 is 0.864 bits per heavy atom. The molecule has 0 saturated carbocycles. The average molecular weight is 310 g/mol. The number of anilines is 2. The summed E-state index contributed by atoms with van der Waals surface area (Å²) < 4.78 is 38.1. The van der Waals surface area contributed by atoms with E-state index in [9.17, 15) is 13.2 Å². The van der Waals surface area contributed by atoms with Crippen LogP contribution in [0.15, 0.2) is 31.0 Å². The lowest BCUT2D eigenvalue weighted by atomic mass is 10.3. The first-order chi connectivity index (χ1) is 10.5. The van der Waals surface area contributed by atoms with E-state index in [2.05, 4.69) is 19.9 Å². The second-order valence-corrected chi connectivity index (χ2v) is 4.80. The first kappa shape index (κ1) is 14.5. The lowest BCUT2D eigenvalue weighted by molar-refractivity contribution is -0.141. The van der Waals surface area contributed by atoms with E-state index in [1.807, 2.05) is 9.80 Å². The smallest absolute Gasteiger partial charge is 0.353 e. The Bertz CT molecular complexity index is 625. The summed E-state index contributed by atoms with van der Waals surface area (Å²) in [5.74, 6) is 1.06. The van der Waals surface area contributed by atoms with Gasteiger partial charge in [-0.05, 0) is 0 Å². The molecule has 6 nitrogen and oxygen atoms in total. The standard InChI is InChI=1S/C13H13F3N6/c14-13(15,16)10-7-11(20-9-19-10)21-3-5-22(6-4-21)12-8-17-1-2-18-12/h1-2,7-9H,3-6H2. The predicted octanol–water partition coefficient (Wildman–Crippen LogP) is 1.61. The van der Waals surface area contributed by atoms with Gasteiger partial charge in [0.2, 0.25) is 0 Å². The van der Waals surface area contributed by atoms with Gasteiger partial charge in [0.25, 0.3) is 0 Å². The van der Waals surface area contributed by atoms with Crippen molar-refractivity contribution in [3.63, 3.8) is 0 Å². The van der Waals surface area contributed by atoms with E-state index in [4.69, 9.17) is 0 Å². The molecule has 0 atom stereocenters. The molecule has 0 amide bonds. The first-order valence-electron chi connectivity index (χ1n) is 6.69. The highest BCUT2D eigenvalue weighted by molar-refractivity contribution is 5.44. The van der Waals surface area contributed by atoms with Gasteiger partial charge in [-0.15, -0.1) is 0 Å². The molecule has 1 aliphatic heterocycles. The summed E-state index contributed by atoms with van der Waals surface area (Å²) in [6, 6.07) is 0.984. The zero-order valence-corrected chi connectivity index (χ0v) is 11.5. The van der Waals surface area contributed by atoms with Gasteiger partial charge in [0.1, 0.15) is 23.7 Å². The largest absolute Gasteiger partial charge is 0.433 e. The van der Waals surface area contributed by atoms with E-state index in [0.29, 0.717) is 32.0 Å². The molecule has 1 fully saturated rings. The molecule has 0 aliphatic carbocycles. The maximum atomic E-state index is 12.7. The molecule has 0 aromatic carbocycles. The molecule has 116 valence electrons. The summed E-state index contributed by atoms with van der Waals surface area (Å²) in [5, 5.41) is 0. The van der Waals surface area contributed by atoms with E-state index in [0.717, 1.165) is 18.2 Å². The molecular weight excluding hydrogens is 297 g/mol. The number of hydrogen-bond donors (Lipinski definition) is 0. The van der Waals surface area contributed by atoms with E-state index >= 15 is 0 Å². The molecule has 0 bridgehead atoms. The van der Waals surface area contributed by atoms with Crippen LogP contribution < -0.4 is 9.80 Å². The highest BCUT2D eigenvalue weighted by atomic mass is 19.4. The summed E-state index contributed by atoms with van der Waals surface area (Å²) >= 11 is 0. The van der Waals surface area contributed by atoms with Crippen LogP contribution in [0.2, 0.25) is 0 Å². The summed E-state index contributed by atoms with van der Waals surface area (Å²) in [6.07, 6.45) is 1.37. The number of piperazine rings is 1. The van der Waals surface area contributed by atoms with E-state index < -0.39 is 11.9 Å². The molecule has 2 aromatic heterocycles. The predicted molar refractivity (Wildman–Crippen MR) is 73.5 cm³/mol. The number of aromatic nitrogens is 4. The van der Waals surface area contributed by atoms with Crippen molar-refractivity contribution >= 4 is 11.6 Å². The topological polar surface area (TPSA) is 58.0 Å². The van der Waals surface area contributed by atoms with Gasteiger partial charge in [0.05, 0.1) is 6.20 Å². The zero-order valence-electron chi connectivity index (χ0n) is 11.5. The Morgan fingerprint density at radius 3 is 2.14 bits per heavy atom. The third-order valence-electron chi connectivity index (χ3n) is 3.42. The van der Waals surface area contributed by atoms with Crippen molar-refractivity contribution in [2.75, 3.05) is 36.0 Å². The first-order valence-corrected chi connectivity index (χ1v) is 6.69. The number of rotatable bonds is 2. The molecule has 1 saturated heterocycles. The molecule has 0 N–H and O–H groups in total. The third kappa shape index (κ3) is 3.07. The Kier molecular flexibility index (Phi) is 3.78. The van der Waals surface area contributed by atoms with Gasteiger partial charge < -0.3 is 9.80 Å². The minimum Gasteiger partial charge on any atom is -0.353 e. The molecule has 22 heavy (non-hydrogen) atoms. The van der Waals surface area contributed by atoms with Crippen LogP contribution in [0.1, 0.15) is 5.69 Å². The van der Waals surface area contributed by atoms with Crippen LogP contribution in [0.5, 0.6) is 0 Å². The number of nitrogens with zero attached hydrogens (tertiary/aromatic N) is 6. The fourth-order valence-corrected chi connectivity index (χ4v) is 2.29. The van der Waals surface area contributed by atoms with Crippen molar-refractivity contribution in [2.45, 2.75) is 6.18 Å². The quantitative estimate of drug-likeness (QED) is 0.840. The number of alkyl halides is 3. The van der Waals surface area contributed by atoms with Gasteiger partial charge in [-0.1, -0.05) is 0 Å². The third-order valence-corrected chi connectivity index (χ3v) is 3.42. The van der Waals surface area contributed by atoms with Gasteiger partial charge in [-0.2, -0.15) is 13.2 Å². The normalized spacial score (nSPS) is 16.0. The summed E-state index contributed by atoms with van der Waals surface area (Å²) in [6.45, 7) is 2.41. The van der Waals surface area contributed by atoms with Gasteiger partial charge in [0.15, 0.2) is 0 Å². The average Bonchev–Trinajstić information content (AvgIpc) is 2.55. The van der Waals surface area contributed by atoms with Crippen LogP contribution in [0.4, 0.5) is 24.8 Å². The lowest BCUT2D eigenvalue weighted by Gasteiger charge is -2.35. The lowest BCUT2D eigenvalue weighted by Crippen LogP contribution is -2.47. The van der Waals surface area contributed by atoms with Crippen LogP contribution in [-0.2, 0) is 6.18 Å². The molecule has 9 heteroatoms. The molecule has 2 aromatic rings. The van der Waals surface area contributed by atoms with E-state index in [1.54, 1.807) is 18.6 Å². The van der Waals surface area contributed by atoms with Crippen molar-refractivity contribution in [1.29, 1.82) is 0 Å². The Labute approximate surface area is 124 Å². The van der Waals surface area contributed by atoms with E-state index in [-0.39, 0.29) is 0 Å². The molecule has 0 spiro atoms. The van der Waals surface area contributed by atoms with Crippen molar-refractivity contribution in [3.8, 4) is 0 Å². The number of hydrogen-bond acceptors (Lipinski definition) is 6. The highest BCUT2D eigenvalue weighted by Crippen LogP contribution is 2.29. The summed E-state index contributed by atoms with van der Waals surface area (Å²) in [7, 11) is 0. The fourth-order valence-electron chi connectivity index (χ4n) is 2.29. The van der Waals surface area contributed by atoms with Crippen LogP contribution in [-0.4, -0.2) is 46.1 Å². The summed E-state index contributed by atoms with van der Waals surface area (Å²) in [5.41, 5.74) is -0.922. The fraction of sp³-hybridized carbons (Fsp3) is 0.385. The maximum Gasteiger partial charge on any atom is 0.433 e. The molecule has 1 aliphatic rings. The van der Waals surface area contributed by atoms with Crippen molar-refractivity contribution in [3.05, 3.63) is 36.7 Å². The van der Waals surface area contributed by atoms with Crippen LogP contribution in [0.25, 0.3) is 0 Å². The Hall–Kier alpha value is -2.45. The number of halogens is 3. The van der Waals surface area contributed by atoms with Gasteiger partial charge >= 0.3 is 6.18 Å². The van der Waals surface area contributed by atoms with Crippen LogP contribution in [0.3, 0.4) is 0 Å². The molecule has 0 unspecified atom stereocenters. The Morgan fingerprint density at radius 2 is 1.55 bits per heavy atom. The minimum atomic E-state index is -4.46. The second kappa shape index (κ2) is 5.74. The van der Waals surface area contributed by atoms with E-state index in [1.165, 1.54) is 0 Å². The monoisotopic (exact) mass is 310 g/mol. The zero-order chi connectivity index (χ0) is 15.6. The molecule has 3 heterocycles. The second-order valence-electron chi connectivity index (χ2n) is 4.80. The van der Waals surface area contributed by atoms with Gasteiger partial charge in [0, 0.05) is 44.6 Å². The highest BCUT2D eigenvalue weighted by Gasteiger charge is 2.33. The van der Waals surface area contributed by atoms with Gasteiger partial charge in [-0.3, -0.25) is 4.98 Å². The van der Waals surface area contributed by atoms with Crippen molar-refractivity contribution < 1.29 is 13.2 Å². The Balaban J connectivity index is 1.69. The molecular formula is C13H13F3N6. The van der Waals surface area contributed by atoms with Gasteiger partial charge in [-0.25, -0.2) is 15.0 Å². The van der Waals surface area contributed by atoms with Crippen molar-refractivity contribution in [1.82, 2.24) is 19.9 Å². The SMILES string of the molecule is FC(F)(F)c1cc(N2CCN(c3cnccn3)CC2)ncn1. The maximum absolute atomic E-state index is 12.7. The van der Waals surface area contributed by atoms with Crippen LogP contribution in [0, 0.1) is 0 Å². The minimum absolute atomic E-state index is 0.293. The molecule has 3 rings (SSSR count). The van der Waals surface area contributed by atoms with Crippen LogP contribution >= 0.6 is 0 Å². The van der Waals surface area contributed by atoms with Crippen molar-refractivity contribution in [2.24, 2.45) is 0 Å². The molecule has 0 radical (unpaired) electrons.